The predicted molar refractivity (Wildman–Crippen MR) is 51.4 cm³/mol. The molecule has 2 N–H and O–H groups in total. The first-order valence-corrected chi connectivity index (χ1v) is 3.87. The highest BCUT2D eigenvalue weighted by atomic mass is 32.1. The second-order valence-corrected chi connectivity index (χ2v) is 2.79. The van der Waals surface area contributed by atoms with Crippen LogP contribution in [0.2, 0.25) is 0 Å². The lowest BCUT2D eigenvalue weighted by Crippen LogP contribution is -2.12. The number of thiocarbonyl (C=S) groups is 1. The van der Waals surface area contributed by atoms with E-state index in [9.17, 15) is 0 Å². The molecular weight excluding hydrogens is 172 g/mol. The van der Waals surface area contributed by atoms with Gasteiger partial charge in [-0.15, -0.1) is 0 Å². The molecule has 0 spiro atoms. The molecular formula is C8H10N2OS. The minimum Gasteiger partial charge on any atom is -0.481 e. The Kier molecular flexibility index (Phi) is 2.60. The van der Waals surface area contributed by atoms with E-state index < -0.39 is 0 Å². The lowest BCUT2D eigenvalue weighted by Gasteiger charge is -2.04. The highest BCUT2D eigenvalue weighted by molar-refractivity contribution is 7.80. The number of ether oxygens (including phenoxy) is 1. The number of nitrogens with two attached hydrogens (primary N) is 1. The van der Waals surface area contributed by atoms with Crippen LogP contribution in [-0.2, 0) is 0 Å². The van der Waals surface area contributed by atoms with Gasteiger partial charge in [0.1, 0.15) is 4.99 Å². The zero-order valence-electron chi connectivity index (χ0n) is 7.00. The number of aryl methyl sites for hydroxylation is 1. The molecule has 64 valence electrons. The molecule has 4 heteroatoms. The smallest absolute Gasteiger partial charge is 0.213 e. The molecule has 0 aromatic carbocycles. The van der Waals surface area contributed by atoms with Crippen molar-refractivity contribution in [3.8, 4) is 5.88 Å². The molecule has 12 heavy (non-hydrogen) atoms. The molecule has 1 aromatic heterocycles. The van der Waals surface area contributed by atoms with E-state index in [-0.39, 0.29) is 0 Å². The van der Waals surface area contributed by atoms with Gasteiger partial charge in [0.2, 0.25) is 5.88 Å². The van der Waals surface area contributed by atoms with Crippen molar-refractivity contribution in [3.05, 3.63) is 23.4 Å². The second-order valence-electron chi connectivity index (χ2n) is 2.35. The van der Waals surface area contributed by atoms with Gasteiger partial charge in [0.05, 0.1) is 12.8 Å². The molecule has 3 nitrogen and oxygen atoms in total. The molecule has 0 bridgehead atoms. The Bertz CT molecular complexity index is 312. The van der Waals surface area contributed by atoms with E-state index in [1.807, 2.05) is 13.0 Å². The number of pyridine rings is 1. The summed E-state index contributed by atoms with van der Waals surface area (Å²) in [5.74, 6) is 0.576. The molecule has 0 radical (unpaired) electrons. The fraction of sp³-hybridized carbons (Fsp3) is 0.250. The summed E-state index contributed by atoms with van der Waals surface area (Å²) in [4.78, 5) is 4.49. The van der Waals surface area contributed by atoms with Crippen molar-refractivity contribution in [1.29, 1.82) is 0 Å². The Balaban J connectivity index is 3.12. The topological polar surface area (TPSA) is 48.1 Å². The van der Waals surface area contributed by atoms with Crippen molar-refractivity contribution in [3.63, 3.8) is 0 Å². The van der Waals surface area contributed by atoms with Gasteiger partial charge < -0.3 is 10.5 Å². The van der Waals surface area contributed by atoms with Gasteiger partial charge in [-0.2, -0.15) is 0 Å². The third-order valence-electron chi connectivity index (χ3n) is 1.53. The maximum Gasteiger partial charge on any atom is 0.213 e. The first-order valence-electron chi connectivity index (χ1n) is 3.46. The van der Waals surface area contributed by atoms with Crippen LogP contribution in [0.3, 0.4) is 0 Å². The van der Waals surface area contributed by atoms with E-state index in [4.69, 9.17) is 22.7 Å². The highest BCUT2D eigenvalue weighted by Gasteiger charge is 2.03. The number of methoxy groups -OCH3 is 1. The third kappa shape index (κ3) is 1.71. The van der Waals surface area contributed by atoms with Gasteiger partial charge in [0.25, 0.3) is 0 Å². The molecule has 1 heterocycles. The molecule has 1 aromatic rings. The van der Waals surface area contributed by atoms with Gasteiger partial charge in [-0.25, -0.2) is 4.98 Å². The fourth-order valence-corrected chi connectivity index (χ4v) is 1.13. The summed E-state index contributed by atoms with van der Waals surface area (Å²) in [6.07, 6.45) is 0. The first kappa shape index (κ1) is 8.93. The Morgan fingerprint density at radius 3 is 2.67 bits per heavy atom. The lowest BCUT2D eigenvalue weighted by atomic mass is 10.2. The number of nitrogens with zero attached hydrogens (tertiary/aromatic N) is 1. The Morgan fingerprint density at radius 1 is 1.58 bits per heavy atom. The number of aromatic nitrogens is 1. The summed E-state index contributed by atoms with van der Waals surface area (Å²) in [7, 11) is 1.57. The van der Waals surface area contributed by atoms with Crippen LogP contribution in [0.1, 0.15) is 11.3 Å². The standard InChI is InChI=1S/C8H10N2OS/c1-5-6(8(9)12)3-4-7(10-5)11-2/h3-4H,1-2H3,(H2,9,12). The van der Waals surface area contributed by atoms with Crippen LogP contribution in [0.25, 0.3) is 0 Å². The minimum absolute atomic E-state index is 0.364. The van der Waals surface area contributed by atoms with Crippen LogP contribution in [0.15, 0.2) is 12.1 Å². The SMILES string of the molecule is COc1ccc(C(N)=S)c(C)n1. The largest absolute Gasteiger partial charge is 0.481 e. The molecule has 0 aliphatic carbocycles. The van der Waals surface area contributed by atoms with Crippen LogP contribution < -0.4 is 10.5 Å². The molecule has 0 amide bonds. The molecule has 0 saturated carbocycles. The minimum atomic E-state index is 0.364. The highest BCUT2D eigenvalue weighted by Crippen LogP contribution is 2.11. The lowest BCUT2D eigenvalue weighted by molar-refractivity contribution is 0.397. The van der Waals surface area contributed by atoms with Gasteiger partial charge in [0.15, 0.2) is 0 Å². The maximum atomic E-state index is 5.46. The average molecular weight is 182 g/mol. The molecule has 0 saturated heterocycles. The molecule has 0 unspecified atom stereocenters. The van der Waals surface area contributed by atoms with Gasteiger partial charge in [-0.1, -0.05) is 12.2 Å². The summed E-state index contributed by atoms with van der Waals surface area (Å²) in [6.45, 7) is 1.84. The molecule has 0 atom stereocenters. The van der Waals surface area contributed by atoms with E-state index in [0.717, 1.165) is 11.3 Å². The van der Waals surface area contributed by atoms with Crippen molar-refractivity contribution >= 4 is 17.2 Å². The van der Waals surface area contributed by atoms with Gasteiger partial charge >= 0.3 is 0 Å². The van der Waals surface area contributed by atoms with Gasteiger partial charge in [0, 0.05) is 11.6 Å². The van der Waals surface area contributed by atoms with E-state index in [1.54, 1.807) is 13.2 Å². The third-order valence-corrected chi connectivity index (χ3v) is 1.75. The van der Waals surface area contributed by atoms with Gasteiger partial charge in [-0.3, -0.25) is 0 Å². The molecule has 0 fully saturated rings. The van der Waals surface area contributed by atoms with Crippen LogP contribution >= 0.6 is 12.2 Å². The van der Waals surface area contributed by atoms with E-state index in [1.165, 1.54) is 0 Å². The maximum absolute atomic E-state index is 5.46. The molecule has 1 rings (SSSR count). The van der Waals surface area contributed by atoms with Crippen molar-refractivity contribution in [2.45, 2.75) is 6.92 Å². The van der Waals surface area contributed by atoms with Crippen molar-refractivity contribution < 1.29 is 4.74 Å². The Morgan fingerprint density at radius 2 is 2.25 bits per heavy atom. The summed E-state index contributed by atoms with van der Waals surface area (Å²) < 4.78 is 4.93. The predicted octanol–water partition coefficient (Wildman–Crippen LogP) is 1.03. The van der Waals surface area contributed by atoms with E-state index >= 15 is 0 Å². The van der Waals surface area contributed by atoms with Crippen LogP contribution in [-0.4, -0.2) is 17.1 Å². The zero-order valence-corrected chi connectivity index (χ0v) is 7.81. The number of rotatable bonds is 2. The number of hydrogen-bond acceptors (Lipinski definition) is 3. The van der Waals surface area contributed by atoms with Crippen molar-refractivity contribution in [2.24, 2.45) is 5.73 Å². The molecule has 0 aliphatic heterocycles. The molecule has 0 aliphatic rings. The van der Waals surface area contributed by atoms with Crippen molar-refractivity contribution in [1.82, 2.24) is 4.98 Å². The van der Waals surface area contributed by atoms with Crippen molar-refractivity contribution in [2.75, 3.05) is 7.11 Å². The summed E-state index contributed by atoms with van der Waals surface area (Å²) in [6, 6.07) is 3.55. The Hall–Kier alpha value is -1.16. The van der Waals surface area contributed by atoms with Gasteiger partial charge in [-0.05, 0) is 13.0 Å². The normalized spacial score (nSPS) is 9.50. The van der Waals surface area contributed by atoms with Crippen LogP contribution in [0.4, 0.5) is 0 Å². The van der Waals surface area contributed by atoms with E-state index in [2.05, 4.69) is 4.98 Å². The van der Waals surface area contributed by atoms with Crippen LogP contribution in [0.5, 0.6) is 5.88 Å². The second kappa shape index (κ2) is 3.49. The monoisotopic (exact) mass is 182 g/mol. The zero-order chi connectivity index (χ0) is 9.14. The quantitative estimate of drug-likeness (QED) is 0.694. The van der Waals surface area contributed by atoms with E-state index in [0.29, 0.717) is 10.9 Å². The average Bonchev–Trinajstić information content (AvgIpc) is 2.03. The first-order chi connectivity index (χ1) is 5.65. The number of hydrogen-bond donors (Lipinski definition) is 1. The summed E-state index contributed by atoms with van der Waals surface area (Å²) in [5, 5.41) is 0. The Labute approximate surface area is 76.6 Å². The summed E-state index contributed by atoms with van der Waals surface area (Å²) in [5.41, 5.74) is 7.05. The summed E-state index contributed by atoms with van der Waals surface area (Å²) >= 11 is 4.83. The van der Waals surface area contributed by atoms with Crippen LogP contribution in [0, 0.1) is 6.92 Å². The fourth-order valence-electron chi connectivity index (χ4n) is 0.912.